The van der Waals surface area contributed by atoms with Crippen molar-refractivity contribution in [3.63, 3.8) is 0 Å². The first-order valence-corrected chi connectivity index (χ1v) is 8.48. The maximum Gasteiger partial charge on any atom is 0.321 e. The number of carboxylic acid groups (broad SMARTS) is 1. The van der Waals surface area contributed by atoms with Crippen LogP contribution in [0.4, 0.5) is 0 Å². The summed E-state index contributed by atoms with van der Waals surface area (Å²) in [5, 5.41) is 12.5. The van der Waals surface area contributed by atoms with Gasteiger partial charge in [0.15, 0.2) is 0 Å². The molecule has 132 valence electrons. The van der Waals surface area contributed by atoms with Gasteiger partial charge < -0.3 is 14.8 Å². The van der Waals surface area contributed by atoms with Gasteiger partial charge >= 0.3 is 5.97 Å². The summed E-state index contributed by atoms with van der Waals surface area (Å²) in [5.41, 5.74) is 3.78. The van der Waals surface area contributed by atoms with Crippen LogP contribution in [0.3, 0.4) is 0 Å². The van der Waals surface area contributed by atoms with Crippen molar-refractivity contribution in [1.29, 1.82) is 0 Å². The number of hydrogen-bond donors (Lipinski definition) is 3. The van der Waals surface area contributed by atoms with Gasteiger partial charge in [0.25, 0.3) is 0 Å². The van der Waals surface area contributed by atoms with Crippen LogP contribution in [0, 0.1) is 0 Å². The summed E-state index contributed by atoms with van der Waals surface area (Å²) < 4.78 is 5.81. The van der Waals surface area contributed by atoms with Crippen LogP contribution < -0.4 is 10.1 Å². The first-order chi connectivity index (χ1) is 12.7. The molecular formula is C20H19N3O3. The van der Waals surface area contributed by atoms with Crippen LogP contribution in [0.2, 0.25) is 0 Å². The van der Waals surface area contributed by atoms with Crippen molar-refractivity contribution in [1.82, 2.24) is 15.3 Å². The fraction of sp³-hybridized carbons (Fsp3) is 0.200. The van der Waals surface area contributed by atoms with Gasteiger partial charge in [-0.25, -0.2) is 4.98 Å². The number of nitrogens with zero attached hydrogens (tertiary/aromatic N) is 1. The average molecular weight is 349 g/mol. The summed E-state index contributed by atoms with van der Waals surface area (Å²) in [7, 11) is 0. The van der Waals surface area contributed by atoms with E-state index in [-0.39, 0.29) is 6.04 Å². The SMILES string of the molecule is O=C(O)[C@@H]1Cc2[nH]cnc2[C@@H](c2ccc(OCc3ccccc3)cc2)N1. The highest BCUT2D eigenvalue weighted by Crippen LogP contribution is 2.29. The first-order valence-electron chi connectivity index (χ1n) is 8.48. The summed E-state index contributed by atoms with van der Waals surface area (Å²) >= 11 is 0. The summed E-state index contributed by atoms with van der Waals surface area (Å²) in [6.07, 6.45) is 2.01. The van der Waals surface area contributed by atoms with Crippen molar-refractivity contribution >= 4 is 5.97 Å². The lowest BCUT2D eigenvalue weighted by Crippen LogP contribution is -2.45. The van der Waals surface area contributed by atoms with Gasteiger partial charge in [0, 0.05) is 12.1 Å². The molecule has 2 atom stereocenters. The molecule has 2 heterocycles. The second kappa shape index (κ2) is 7.01. The Balaban J connectivity index is 1.50. The Hall–Kier alpha value is -3.12. The number of carboxylic acids is 1. The molecular weight excluding hydrogens is 330 g/mol. The fourth-order valence-corrected chi connectivity index (χ4v) is 3.20. The monoisotopic (exact) mass is 349 g/mol. The molecule has 0 spiro atoms. The lowest BCUT2D eigenvalue weighted by atomic mass is 9.94. The van der Waals surface area contributed by atoms with Crippen molar-refractivity contribution in [2.24, 2.45) is 0 Å². The number of hydrogen-bond acceptors (Lipinski definition) is 4. The number of H-pyrrole nitrogens is 1. The van der Waals surface area contributed by atoms with Crippen LogP contribution in [0.15, 0.2) is 60.9 Å². The van der Waals surface area contributed by atoms with Gasteiger partial charge in [0.05, 0.1) is 18.1 Å². The van der Waals surface area contributed by atoms with E-state index in [1.54, 1.807) is 6.33 Å². The number of ether oxygens (including phenoxy) is 1. The minimum Gasteiger partial charge on any atom is -0.489 e. The van der Waals surface area contributed by atoms with Gasteiger partial charge in [-0.15, -0.1) is 0 Å². The number of rotatable bonds is 5. The second-order valence-electron chi connectivity index (χ2n) is 6.30. The van der Waals surface area contributed by atoms with E-state index in [1.165, 1.54) is 0 Å². The van der Waals surface area contributed by atoms with E-state index in [9.17, 15) is 9.90 Å². The molecule has 0 aliphatic carbocycles. The summed E-state index contributed by atoms with van der Waals surface area (Å²) in [4.78, 5) is 18.8. The van der Waals surface area contributed by atoms with Gasteiger partial charge in [0.1, 0.15) is 18.4 Å². The normalized spacial score (nSPS) is 18.9. The molecule has 1 aliphatic rings. The van der Waals surface area contributed by atoms with E-state index in [1.807, 2.05) is 54.6 Å². The summed E-state index contributed by atoms with van der Waals surface area (Å²) in [5.74, 6) is -0.0940. The zero-order chi connectivity index (χ0) is 17.9. The lowest BCUT2D eigenvalue weighted by Gasteiger charge is -2.28. The summed E-state index contributed by atoms with van der Waals surface area (Å²) in [6.45, 7) is 0.506. The molecule has 0 amide bonds. The third kappa shape index (κ3) is 3.32. The van der Waals surface area contributed by atoms with Crippen molar-refractivity contribution in [2.75, 3.05) is 0 Å². The molecule has 6 heteroatoms. The van der Waals surface area contributed by atoms with Crippen LogP contribution in [0.1, 0.15) is 28.6 Å². The van der Waals surface area contributed by atoms with E-state index in [4.69, 9.17) is 4.74 Å². The highest BCUT2D eigenvalue weighted by Gasteiger charge is 2.33. The number of imidazole rings is 1. The number of fused-ring (bicyclic) bond motifs is 1. The van der Waals surface area contributed by atoms with Gasteiger partial charge in [-0.2, -0.15) is 0 Å². The predicted molar refractivity (Wildman–Crippen MR) is 95.9 cm³/mol. The molecule has 4 rings (SSSR count). The van der Waals surface area contributed by atoms with E-state index >= 15 is 0 Å². The molecule has 0 bridgehead atoms. The Morgan fingerprint density at radius 3 is 2.65 bits per heavy atom. The molecule has 0 unspecified atom stereocenters. The third-order valence-electron chi connectivity index (χ3n) is 4.56. The molecule has 26 heavy (non-hydrogen) atoms. The second-order valence-corrected chi connectivity index (χ2v) is 6.30. The van der Waals surface area contributed by atoms with E-state index in [0.29, 0.717) is 13.0 Å². The van der Waals surface area contributed by atoms with Crippen LogP contribution in [-0.2, 0) is 17.8 Å². The number of aromatic nitrogens is 2. The minimum atomic E-state index is -0.863. The Morgan fingerprint density at radius 2 is 1.92 bits per heavy atom. The fourth-order valence-electron chi connectivity index (χ4n) is 3.20. The quantitative estimate of drug-likeness (QED) is 0.659. The topological polar surface area (TPSA) is 87.2 Å². The molecule has 0 fully saturated rings. The Labute approximate surface area is 150 Å². The van der Waals surface area contributed by atoms with Crippen LogP contribution >= 0.6 is 0 Å². The molecule has 2 aromatic carbocycles. The third-order valence-corrected chi connectivity index (χ3v) is 4.56. The molecule has 0 radical (unpaired) electrons. The van der Waals surface area contributed by atoms with E-state index in [0.717, 1.165) is 28.3 Å². The summed E-state index contributed by atoms with van der Waals surface area (Å²) in [6, 6.07) is 16.8. The Morgan fingerprint density at radius 1 is 1.15 bits per heavy atom. The molecule has 1 aliphatic heterocycles. The van der Waals surface area contributed by atoms with Gasteiger partial charge in [-0.05, 0) is 23.3 Å². The van der Waals surface area contributed by atoms with E-state index < -0.39 is 12.0 Å². The molecule has 0 saturated heterocycles. The highest BCUT2D eigenvalue weighted by atomic mass is 16.5. The number of benzene rings is 2. The Kier molecular flexibility index (Phi) is 4.41. The van der Waals surface area contributed by atoms with Crippen LogP contribution in [0.25, 0.3) is 0 Å². The number of nitrogens with one attached hydrogen (secondary N) is 2. The van der Waals surface area contributed by atoms with Crippen LogP contribution in [-0.4, -0.2) is 27.1 Å². The standard InChI is InChI=1S/C20H19N3O3/c24-20(25)17-10-16-19(22-12-21-16)18(23-17)14-6-8-15(9-7-14)26-11-13-4-2-1-3-5-13/h1-9,12,17-18,23H,10-11H2,(H,21,22)(H,24,25)/t17-,18+/m0/s1. The average Bonchev–Trinajstić information content (AvgIpc) is 3.15. The van der Waals surface area contributed by atoms with Gasteiger partial charge in [-0.3, -0.25) is 10.1 Å². The maximum absolute atomic E-state index is 11.4. The van der Waals surface area contributed by atoms with Gasteiger partial charge in [-0.1, -0.05) is 42.5 Å². The number of aliphatic carboxylic acids is 1. The zero-order valence-corrected chi connectivity index (χ0v) is 14.1. The Bertz CT molecular complexity index is 890. The van der Waals surface area contributed by atoms with Crippen molar-refractivity contribution in [3.8, 4) is 5.75 Å². The van der Waals surface area contributed by atoms with Crippen molar-refractivity contribution < 1.29 is 14.6 Å². The van der Waals surface area contributed by atoms with Crippen molar-refractivity contribution in [2.45, 2.75) is 25.1 Å². The minimum absolute atomic E-state index is 0.255. The molecule has 3 N–H and O–H groups in total. The zero-order valence-electron chi connectivity index (χ0n) is 14.1. The lowest BCUT2D eigenvalue weighted by molar-refractivity contribution is -0.139. The van der Waals surface area contributed by atoms with Crippen molar-refractivity contribution in [3.05, 3.63) is 83.4 Å². The molecule has 1 aromatic heterocycles. The van der Waals surface area contributed by atoms with E-state index in [2.05, 4.69) is 15.3 Å². The smallest absolute Gasteiger partial charge is 0.321 e. The largest absolute Gasteiger partial charge is 0.489 e. The van der Waals surface area contributed by atoms with Gasteiger partial charge in [0.2, 0.25) is 0 Å². The first kappa shape index (κ1) is 16.4. The molecule has 0 saturated carbocycles. The predicted octanol–water partition coefficient (Wildman–Crippen LogP) is 2.68. The molecule has 3 aromatic rings. The van der Waals surface area contributed by atoms with Crippen LogP contribution in [0.5, 0.6) is 5.75 Å². The highest BCUT2D eigenvalue weighted by molar-refractivity contribution is 5.74. The number of aromatic amines is 1. The molecule has 6 nitrogen and oxygen atoms in total. The number of carbonyl (C=O) groups is 1. The maximum atomic E-state index is 11.4.